The van der Waals surface area contributed by atoms with E-state index < -0.39 is 0 Å². The van der Waals surface area contributed by atoms with Crippen LogP contribution in [0.2, 0.25) is 0 Å². The van der Waals surface area contributed by atoms with Gasteiger partial charge in [0, 0.05) is 19.3 Å². The minimum atomic E-state index is -0.386. The van der Waals surface area contributed by atoms with Gasteiger partial charge in [-0.2, -0.15) is 0 Å². The molecule has 0 amide bonds. The van der Waals surface area contributed by atoms with Crippen LogP contribution < -0.4 is 0 Å². The van der Waals surface area contributed by atoms with E-state index in [4.69, 9.17) is 0 Å². The highest BCUT2D eigenvalue weighted by Gasteiger charge is 2.54. The van der Waals surface area contributed by atoms with E-state index in [1.54, 1.807) is 0 Å². The molecule has 0 fully saturated rings. The Bertz CT molecular complexity index is 1270. The first-order chi connectivity index (χ1) is 14.5. The van der Waals surface area contributed by atoms with Gasteiger partial charge in [0.25, 0.3) is 0 Å². The van der Waals surface area contributed by atoms with E-state index in [1.807, 2.05) is 12.1 Å². The van der Waals surface area contributed by atoms with E-state index >= 15 is 0 Å². The Hall–Kier alpha value is -3.26. The first-order valence-electron chi connectivity index (χ1n) is 10.7. The molecule has 0 bridgehead atoms. The number of nitrogens with zero attached hydrogens (tertiary/aromatic N) is 1. The van der Waals surface area contributed by atoms with Crippen molar-refractivity contribution in [2.75, 3.05) is 7.05 Å². The second-order valence-corrected chi connectivity index (χ2v) is 9.09. The summed E-state index contributed by atoms with van der Waals surface area (Å²) in [6.07, 6.45) is 4.81. The average molecular weight is 392 g/mol. The molecule has 0 aromatic heterocycles. The SMILES string of the molecule is CC(C)C1C=C2C(=CN1C)C1(c3ccccc32)c2ccccc2-c2ccc(O)cc21. The van der Waals surface area contributed by atoms with E-state index in [0.717, 1.165) is 0 Å². The number of rotatable bonds is 1. The Kier molecular flexibility index (Phi) is 3.45. The van der Waals surface area contributed by atoms with Crippen molar-refractivity contribution < 1.29 is 5.11 Å². The Balaban J connectivity index is 1.77. The fourth-order valence-corrected chi connectivity index (χ4v) is 5.97. The van der Waals surface area contributed by atoms with Crippen LogP contribution in [-0.4, -0.2) is 23.1 Å². The number of likely N-dealkylation sites (N-methyl/N-ethyl adjacent to an activating group) is 1. The van der Waals surface area contributed by atoms with Crippen molar-refractivity contribution in [3.8, 4) is 16.9 Å². The minimum absolute atomic E-state index is 0.320. The lowest BCUT2D eigenvalue weighted by molar-refractivity contribution is 0.305. The standard InChI is InChI=1S/C28H25NO/c1-17(2)27-15-22-20-9-5-7-11-24(20)28(26(22)16-29(27)3)23-10-6-4-8-19(23)21-13-12-18(30)14-25(21)28/h4-17,27,30H,1-3H3. The van der Waals surface area contributed by atoms with Crippen LogP contribution in [0.25, 0.3) is 16.7 Å². The lowest BCUT2D eigenvalue weighted by Gasteiger charge is -2.37. The molecule has 2 heteroatoms. The van der Waals surface area contributed by atoms with E-state index in [2.05, 4.69) is 92.7 Å². The zero-order valence-electron chi connectivity index (χ0n) is 17.6. The van der Waals surface area contributed by atoms with Gasteiger partial charge in [-0.15, -0.1) is 0 Å². The molecular formula is C28H25NO. The van der Waals surface area contributed by atoms with Crippen molar-refractivity contribution in [1.29, 1.82) is 0 Å². The maximum atomic E-state index is 10.5. The lowest BCUT2D eigenvalue weighted by Crippen LogP contribution is -2.35. The molecule has 3 aromatic rings. The zero-order chi connectivity index (χ0) is 20.6. The number of hydrogen-bond donors (Lipinski definition) is 1. The van der Waals surface area contributed by atoms with Gasteiger partial charge >= 0.3 is 0 Å². The Morgan fingerprint density at radius 2 is 1.47 bits per heavy atom. The molecular weight excluding hydrogens is 366 g/mol. The molecule has 6 rings (SSSR count). The molecule has 0 saturated carbocycles. The van der Waals surface area contributed by atoms with Gasteiger partial charge in [-0.1, -0.05) is 74.5 Å². The van der Waals surface area contributed by atoms with Crippen LogP contribution in [0.3, 0.4) is 0 Å². The lowest BCUT2D eigenvalue weighted by atomic mass is 9.70. The largest absolute Gasteiger partial charge is 0.508 e. The Morgan fingerprint density at radius 3 is 2.20 bits per heavy atom. The first kappa shape index (κ1) is 17.6. The Labute approximate surface area is 177 Å². The van der Waals surface area contributed by atoms with Gasteiger partial charge in [0.2, 0.25) is 0 Å². The highest BCUT2D eigenvalue weighted by atomic mass is 16.3. The third-order valence-corrected chi connectivity index (χ3v) is 7.17. The molecule has 3 aromatic carbocycles. The van der Waals surface area contributed by atoms with Gasteiger partial charge in [-0.3, -0.25) is 0 Å². The summed E-state index contributed by atoms with van der Waals surface area (Å²) in [5.41, 5.74) is 9.88. The molecule has 1 spiro atoms. The molecule has 148 valence electrons. The summed E-state index contributed by atoms with van der Waals surface area (Å²) >= 11 is 0. The highest BCUT2D eigenvalue weighted by molar-refractivity contribution is 6.00. The van der Waals surface area contributed by atoms with E-state index in [0.29, 0.717) is 17.7 Å². The second kappa shape index (κ2) is 5.89. The quantitative estimate of drug-likeness (QED) is 0.553. The predicted octanol–water partition coefficient (Wildman–Crippen LogP) is 5.96. The van der Waals surface area contributed by atoms with Crippen LogP contribution in [0.15, 0.2) is 84.6 Å². The van der Waals surface area contributed by atoms with E-state index in [-0.39, 0.29) is 5.41 Å². The fraction of sp³-hybridized carbons (Fsp3) is 0.214. The van der Waals surface area contributed by atoms with Crippen LogP contribution in [-0.2, 0) is 5.41 Å². The summed E-state index contributed by atoms with van der Waals surface area (Å²) in [5, 5.41) is 10.5. The van der Waals surface area contributed by atoms with E-state index in [9.17, 15) is 5.11 Å². The van der Waals surface area contributed by atoms with Gasteiger partial charge in [0.1, 0.15) is 5.75 Å². The molecule has 2 atom stereocenters. The summed E-state index contributed by atoms with van der Waals surface area (Å²) in [7, 11) is 2.19. The van der Waals surface area contributed by atoms with Crippen molar-refractivity contribution in [2.45, 2.75) is 25.3 Å². The topological polar surface area (TPSA) is 23.5 Å². The van der Waals surface area contributed by atoms with Crippen LogP contribution in [0.4, 0.5) is 0 Å². The molecule has 1 aliphatic heterocycles. The number of hydrogen-bond acceptors (Lipinski definition) is 2. The molecule has 2 nitrogen and oxygen atoms in total. The van der Waals surface area contributed by atoms with Crippen molar-refractivity contribution in [3.63, 3.8) is 0 Å². The Morgan fingerprint density at radius 1 is 0.833 bits per heavy atom. The van der Waals surface area contributed by atoms with Gasteiger partial charge < -0.3 is 10.0 Å². The monoisotopic (exact) mass is 391 g/mol. The second-order valence-electron chi connectivity index (χ2n) is 9.09. The van der Waals surface area contributed by atoms with Crippen molar-refractivity contribution >= 4 is 5.57 Å². The van der Waals surface area contributed by atoms with Crippen molar-refractivity contribution in [2.24, 2.45) is 5.92 Å². The minimum Gasteiger partial charge on any atom is -0.508 e. The van der Waals surface area contributed by atoms with Gasteiger partial charge in [0.15, 0.2) is 0 Å². The average Bonchev–Trinajstić information content (AvgIpc) is 3.19. The summed E-state index contributed by atoms with van der Waals surface area (Å²) < 4.78 is 0. The first-order valence-corrected chi connectivity index (χ1v) is 10.7. The number of phenolic OH excluding ortho intramolecular Hbond substituents is 1. The number of allylic oxidation sites excluding steroid dienone is 2. The fourth-order valence-electron chi connectivity index (χ4n) is 5.97. The summed E-state index contributed by atoms with van der Waals surface area (Å²) in [6, 6.07) is 23.8. The van der Waals surface area contributed by atoms with Crippen molar-refractivity contribution in [1.82, 2.24) is 4.90 Å². The number of aromatic hydroxyl groups is 1. The predicted molar refractivity (Wildman–Crippen MR) is 122 cm³/mol. The normalized spacial score (nSPS) is 23.1. The summed E-state index contributed by atoms with van der Waals surface area (Å²) in [6.45, 7) is 4.57. The highest BCUT2D eigenvalue weighted by Crippen LogP contribution is 2.64. The van der Waals surface area contributed by atoms with Gasteiger partial charge in [0.05, 0.1) is 5.41 Å². The number of benzene rings is 3. The van der Waals surface area contributed by atoms with Crippen LogP contribution >= 0.6 is 0 Å². The van der Waals surface area contributed by atoms with Gasteiger partial charge in [-0.05, 0) is 62.6 Å². The molecule has 3 aliphatic rings. The third kappa shape index (κ3) is 1.99. The smallest absolute Gasteiger partial charge is 0.115 e. The van der Waals surface area contributed by atoms with Crippen LogP contribution in [0.1, 0.15) is 36.1 Å². The van der Waals surface area contributed by atoms with Crippen molar-refractivity contribution in [3.05, 3.63) is 107 Å². The molecule has 2 aliphatic carbocycles. The number of fused-ring (bicyclic) bond motifs is 10. The van der Waals surface area contributed by atoms with Gasteiger partial charge in [-0.25, -0.2) is 0 Å². The maximum Gasteiger partial charge on any atom is 0.115 e. The maximum absolute atomic E-state index is 10.5. The summed E-state index contributed by atoms with van der Waals surface area (Å²) in [4.78, 5) is 2.36. The number of phenols is 1. The third-order valence-electron chi connectivity index (χ3n) is 7.17. The zero-order valence-corrected chi connectivity index (χ0v) is 17.6. The van der Waals surface area contributed by atoms with E-state index in [1.165, 1.54) is 44.5 Å². The molecule has 2 unspecified atom stereocenters. The van der Waals surface area contributed by atoms with Crippen LogP contribution in [0, 0.1) is 5.92 Å². The molecule has 1 N–H and O–H groups in total. The summed E-state index contributed by atoms with van der Waals surface area (Å²) in [5.74, 6) is 0.844. The molecule has 0 radical (unpaired) electrons. The van der Waals surface area contributed by atoms with Crippen LogP contribution in [0.5, 0.6) is 5.75 Å². The molecule has 1 heterocycles. The molecule has 0 saturated heterocycles. The molecule has 30 heavy (non-hydrogen) atoms.